The molecule has 0 saturated carbocycles. The molecule has 10 heteroatoms. The normalized spacial score (nSPS) is 10.8. The molecule has 10 nitrogen and oxygen atoms in total. The Balaban J connectivity index is 1.31. The van der Waals surface area contributed by atoms with E-state index in [-0.39, 0.29) is 11.6 Å². The van der Waals surface area contributed by atoms with Crippen molar-refractivity contribution >= 4 is 22.8 Å². The number of hydrogen-bond acceptors (Lipinski definition) is 8. The molecule has 0 unspecified atom stereocenters. The van der Waals surface area contributed by atoms with Crippen molar-refractivity contribution in [2.75, 3.05) is 5.43 Å². The van der Waals surface area contributed by atoms with E-state index in [0.717, 1.165) is 5.56 Å². The van der Waals surface area contributed by atoms with Gasteiger partial charge in [0.1, 0.15) is 5.82 Å². The van der Waals surface area contributed by atoms with Crippen LogP contribution in [0.2, 0.25) is 0 Å². The minimum atomic E-state index is -0.411. The molecule has 3 heterocycles. The van der Waals surface area contributed by atoms with Crippen molar-refractivity contribution in [1.82, 2.24) is 30.1 Å². The molecule has 5 rings (SSSR count). The van der Waals surface area contributed by atoms with Gasteiger partial charge < -0.3 is 4.52 Å². The van der Waals surface area contributed by atoms with Crippen LogP contribution < -0.4 is 16.4 Å². The number of hydrazine groups is 1. The molecule has 162 valence electrons. The Morgan fingerprint density at radius 3 is 2.52 bits per heavy atom. The topological polar surface area (TPSA) is 128 Å². The lowest BCUT2D eigenvalue weighted by atomic mass is 10.2. The number of aromatic nitrogens is 5. The number of carbonyl (C=O) groups is 1. The smallest absolute Gasteiger partial charge is 0.313 e. The van der Waals surface area contributed by atoms with Crippen LogP contribution in [0.4, 0.5) is 6.01 Å². The predicted molar refractivity (Wildman–Crippen MR) is 121 cm³/mol. The van der Waals surface area contributed by atoms with Crippen molar-refractivity contribution in [2.24, 2.45) is 0 Å². The Labute approximate surface area is 186 Å². The van der Waals surface area contributed by atoms with Gasteiger partial charge in [0.05, 0.1) is 16.6 Å². The van der Waals surface area contributed by atoms with Crippen LogP contribution in [0.5, 0.6) is 0 Å². The van der Waals surface area contributed by atoms with E-state index in [1.165, 1.54) is 4.57 Å². The van der Waals surface area contributed by atoms with Gasteiger partial charge in [-0.05, 0) is 55.5 Å². The molecule has 1 amide bonds. The molecular formula is C23H17N7O3. The van der Waals surface area contributed by atoms with Gasteiger partial charge in [-0.3, -0.25) is 24.6 Å². The standard InChI is InChI=1S/C23H17N7O3/c1-14-25-19-5-3-2-4-18(19)22(32)30(14)17-8-6-16(7-9-17)21(31)27-28-23-26-20(29-33-23)15-10-12-24-13-11-15/h2-13H,1H3,(H,27,31)(H,26,28,29). The predicted octanol–water partition coefficient (Wildman–Crippen LogP) is 2.90. The first-order valence-electron chi connectivity index (χ1n) is 9.99. The molecule has 0 spiro atoms. The molecule has 0 aliphatic heterocycles. The molecule has 3 aromatic heterocycles. The number of pyridine rings is 1. The maximum atomic E-state index is 12.9. The maximum Gasteiger partial charge on any atom is 0.340 e. The zero-order chi connectivity index (χ0) is 22.8. The molecule has 33 heavy (non-hydrogen) atoms. The van der Waals surface area contributed by atoms with Crippen molar-refractivity contribution in [3.63, 3.8) is 0 Å². The summed E-state index contributed by atoms with van der Waals surface area (Å²) in [6.07, 6.45) is 3.24. The number of benzene rings is 2. The molecule has 2 aromatic carbocycles. The Morgan fingerprint density at radius 2 is 1.73 bits per heavy atom. The highest BCUT2D eigenvalue weighted by molar-refractivity contribution is 5.94. The second-order valence-corrected chi connectivity index (χ2v) is 7.10. The summed E-state index contributed by atoms with van der Waals surface area (Å²) in [7, 11) is 0. The number of nitrogens with zero attached hydrogens (tertiary/aromatic N) is 5. The minimum Gasteiger partial charge on any atom is -0.313 e. The Morgan fingerprint density at radius 1 is 0.970 bits per heavy atom. The fraction of sp³-hybridized carbons (Fsp3) is 0.0435. The zero-order valence-corrected chi connectivity index (χ0v) is 17.4. The number of nitrogens with one attached hydrogen (secondary N) is 2. The van der Waals surface area contributed by atoms with E-state index in [1.807, 2.05) is 6.07 Å². The largest absolute Gasteiger partial charge is 0.340 e. The van der Waals surface area contributed by atoms with Crippen molar-refractivity contribution < 1.29 is 9.32 Å². The van der Waals surface area contributed by atoms with Crippen LogP contribution in [-0.2, 0) is 0 Å². The summed E-state index contributed by atoms with van der Waals surface area (Å²) in [5, 5.41) is 4.38. The average molecular weight is 439 g/mol. The van der Waals surface area contributed by atoms with E-state index in [1.54, 1.807) is 73.9 Å². The van der Waals surface area contributed by atoms with Crippen LogP contribution in [0.3, 0.4) is 0 Å². The number of aryl methyl sites for hydroxylation is 1. The summed E-state index contributed by atoms with van der Waals surface area (Å²) in [6, 6.07) is 17.3. The van der Waals surface area contributed by atoms with E-state index in [0.29, 0.717) is 33.8 Å². The number of para-hydroxylation sites is 1. The molecule has 0 saturated heterocycles. The molecule has 5 aromatic rings. The van der Waals surface area contributed by atoms with Crippen molar-refractivity contribution in [3.8, 4) is 17.1 Å². The first kappa shape index (κ1) is 20.1. The maximum absolute atomic E-state index is 12.9. The van der Waals surface area contributed by atoms with Gasteiger partial charge in [0.2, 0.25) is 5.82 Å². The highest BCUT2D eigenvalue weighted by atomic mass is 16.5. The summed E-state index contributed by atoms with van der Waals surface area (Å²) in [5.74, 6) is 0.508. The molecular weight excluding hydrogens is 422 g/mol. The number of carbonyl (C=O) groups excluding carboxylic acids is 1. The van der Waals surface area contributed by atoms with Gasteiger partial charge in [0.25, 0.3) is 11.5 Å². The fourth-order valence-electron chi connectivity index (χ4n) is 3.38. The van der Waals surface area contributed by atoms with E-state index >= 15 is 0 Å². The fourth-order valence-corrected chi connectivity index (χ4v) is 3.38. The van der Waals surface area contributed by atoms with Crippen LogP contribution in [0.1, 0.15) is 16.2 Å². The van der Waals surface area contributed by atoms with Crippen LogP contribution in [0.25, 0.3) is 28.0 Å². The molecule has 0 aliphatic carbocycles. The van der Waals surface area contributed by atoms with Gasteiger partial charge in [-0.15, -0.1) is 0 Å². The third-order valence-corrected chi connectivity index (χ3v) is 4.98. The number of fused-ring (bicyclic) bond motifs is 1. The third-order valence-electron chi connectivity index (χ3n) is 4.98. The molecule has 0 bridgehead atoms. The lowest BCUT2D eigenvalue weighted by Gasteiger charge is -2.11. The Bertz CT molecular complexity index is 1510. The number of anilines is 1. The van der Waals surface area contributed by atoms with Gasteiger partial charge in [0.15, 0.2) is 0 Å². The third kappa shape index (κ3) is 3.92. The van der Waals surface area contributed by atoms with Gasteiger partial charge in [-0.1, -0.05) is 17.3 Å². The molecule has 0 radical (unpaired) electrons. The molecule has 2 N–H and O–H groups in total. The van der Waals surface area contributed by atoms with Crippen LogP contribution >= 0.6 is 0 Å². The number of hydrogen-bond donors (Lipinski definition) is 2. The van der Waals surface area contributed by atoms with Gasteiger partial charge in [-0.2, -0.15) is 4.98 Å². The first-order valence-corrected chi connectivity index (χ1v) is 9.99. The van der Waals surface area contributed by atoms with Crippen molar-refractivity contribution in [1.29, 1.82) is 0 Å². The van der Waals surface area contributed by atoms with Crippen LogP contribution in [0.15, 0.2) is 82.4 Å². The zero-order valence-electron chi connectivity index (χ0n) is 17.4. The molecule has 0 atom stereocenters. The average Bonchev–Trinajstić information content (AvgIpc) is 3.33. The second-order valence-electron chi connectivity index (χ2n) is 7.10. The number of amides is 1. The van der Waals surface area contributed by atoms with Gasteiger partial charge in [0, 0.05) is 23.5 Å². The van der Waals surface area contributed by atoms with Crippen LogP contribution in [-0.4, -0.2) is 30.6 Å². The second kappa shape index (κ2) is 8.35. The van der Waals surface area contributed by atoms with Crippen molar-refractivity contribution in [3.05, 3.63) is 94.8 Å². The quantitative estimate of drug-likeness (QED) is 0.400. The Hall–Kier alpha value is -4.86. The highest BCUT2D eigenvalue weighted by Gasteiger charge is 2.13. The van der Waals surface area contributed by atoms with E-state index in [9.17, 15) is 9.59 Å². The highest BCUT2D eigenvalue weighted by Crippen LogP contribution is 2.16. The van der Waals surface area contributed by atoms with Crippen LogP contribution in [0, 0.1) is 6.92 Å². The lowest BCUT2D eigenvalue weighted by molar-refractivity contribution is 0.0961. The van der Waals surface area contributed by atoms with Gasteiger partial charge in [-0.25, -0.2) is 10.4 Å². The summed E-state index contributed by atoms with van der Waals surface area (Å²) in [6.45, 7) is 1.77. The first-order chi connectivity index (χ1) is 16.1. The number of rotatable bonds is 5. The minimum absolute atomic E-state index is 0.0381. The summed E-state index contributed by atoms with van der Waals surface area (Å²) < 4.78 is 6.61. The summed E-state index contributed by atoms with van der Waals surface area (Å²) >= 11 is 0. The van der Waals surface area contributed by atoms with E-state index in [4.69, 9.17) is 4.52 Å². The molecule has 0 fully saturated rings. The summed E-state index contributed by atoms with van der Waals surface area (Å²) in [5.41, 5.74) is 7.30. The van der Waals surface area contributed by atoms with Crippen molar-refractivity contribution in [2.45, 2.75) is 6.92 Å². The van der Waals surface area contributed by atoms with Gasteiger partial charge >= 0.3 is 6.01 Å². The summed E-state index contributed by atoms with van der Waals surface area (Å²) in [4.78, 5) is 38.0. The Kier molecular flexibility index (Phi) is 5.07. The monoisotopic (exact) mass is 439 g/mol. The molecule has 0 aliphatic rings. The lowest BCUT2D eigenvalue weighted by Crippen LogP contribution is -2.29. The SMILES string of the molecule is Cc1nc2ccccc2c(=O)n1-c1ccc(C(=O)NNc2nc(-c3ccncc3)no2)cc1. The van der Waals surface area contributed by atoms with E-state index < -0.39 is 5.91 Å². The van der Waals surface area contributed by atoms with E-state index in [2.05, 4.69) is 31.0 Å².